The molecule has 20 heavy (non-hydrogen) atoms. The lowest BCUT2D eigenvalue weighted by atomic mass is 10.2. The number of ether oxygens (including phenoxy) is 2. The molecule has 1 unspecified atom stereocenters. The molecule has 0 heterocycles. The van der Waals surface area contributed by atoms with E-state index in [0.29, 0.717) is 13.2 Å². The first-order valence-corrected chi connectivity index (χ1v) is 6.61. The number of hydrogen-bond acceptors (Lipinski definition) is 5. The lowest BCUT2D eigenvalue weighted by molar-refractivity contribution is -0.146. The van der Waals surface area contributed by atoms with Crippen LogP contribution in [0.1, 0.15) is 19.4 Å². The van der Waals surface area contributed by atoms with Gasteiger partial charge in [0, 0.05) is 18.1 Å². The number of carbonyl (C=O) groups is 2. The van der Waals surface area contributed by atoms with Gasteiger partial charge in [0.1, 0.15) is 6.61 Å². The van der Waals surface area contributed by atoms with Crippen LogP contribution in [-0.4, -0.2) is 24.5 Å². The minimum absolute atomic E-state index is 0.162. The molecule has 0 aromatic heterocycles. The molecule has 1 atom stereocenters. The van der Waals surface area contributed by atoms with Crippen molar-refractivity contribution in [3.63, 3.8) is 0 Å². The average Bonchev–Trinajstić information content (AvgIpc) is 2.46. The van der Waals surface area contributed by atoms with Gasteiger partial charge in [-0.3, -0.25) is 4.79 Å². The Bertz CT molecular complexity index is 397. The summed E-state index contributed by atoms with van der Waals surface area (Å²) in [5, 5.41) is 0. The second kappa shape index (κ2) is 11.3. The quantitative estimate of drug-likeness (QED) is 0.668. The molecule has 0 amide bonds. The molecule has 0 aliphatic heterocycles. The summed E-state index contributed by atoms with van der Waals surface area (Å²) < 4.78 is 9.23. The first kappa shape index (κ1) is 18.4. The lowest BCUT2D eigenvalue weighted by Crippen LogP contribution is -2.22. The van der Waals surface area contributed by atoms with Gasteiger partial charge in [-0.15, -0.1) is 0 Å². The number of carbonyl (C=O) groups excluding carboxylic acids is 2. The van der Waals surface area contributed by atoms with Gasteiger partial charge in [-0.25, -0.2) is 4.79 Å². The predicted molar refractivity (Wildman–Crippen MR) is 77.3 cm³/mol. The van der Waals surface area contributed by atoms with Crippen LogP contribution >= 0.6 is 11.6 Å². The molecule has 0 saturated carbocycles. The van der Waals surface area contributed by atoms with Gasteiger partial charge in [-0.05, 0) is 12.5 Å². The molecular weight excluding hydrogens is 282 g/mol. The molecule has 1 aromatic rings. The van der Waals surface area contributed by atoms with E-state index in [-0.39, 0.29) is 18.5 Å². The Balaban J connectivity index is 0.000000370. The Labute approximate surface area is 124 Å². The third-order valence-electron chi connectivity index (χ3n) is 2.24. The highest BCUT2D eigenvalue weighted by Gasteiger charge is 2.09. The zero-order chi connectivity index (χ0) is 15.4. The third kappa shape index (κ3) is 9.35. The van der Waals surface area contributed by atoms with E-state index in [1.54, 1.807) is 13.8 Å². The number of nitrogens with two attached hydrogens (primary N) is 1. The van der Waals surface area contributed by atoms with E-state index in [4.69, 9.17) is 17.3 Å². The number of benzene rings is 1. The van der Waals surface area contributed by atoms with E-state index >= 15 is 0 Å². The van der Waals surface area contributed by atoms with E-state index in [2.05, 4.69) is 9.47 Å². The minimum Gasteiger partial charge on any atom is -0.466 e. The fraction of sp³-hybridized carbons (Fsp3) is 0.429. The summed E-state index contributed by atoms with van der Waals surface area (Å²) in [6.45, 7) is 4.56. The third-order valence-corrected chi connectivity index (χ3v) is 2.35. The molecule has 112 valence electrons. The molecule has 0 saturated heterocycles. The van der Waals surface area contributed by atoms with Crippen molar-refractivity contribution in [2.45, 2.75) is 20.5 Å². The number of esters is 1. The highest BCUT2D eigenvalue weighted by atomic mass is 35.5. The van der Waals surface area contributed by atoms with Crippen molar-refractivity contribution in [1.29, 1.82) is 0 Å². The Morgan fingerprint density at radius 3 is 2.30 bits per heavy atom. The van der Waals surface area contributed by atoms with Crippen LogP contribution in [0.25, 0.3) is 0 Å². The summed E-state index contributed by atoms with van der Waals surface area (Å²) in [4.78, 5) is 20.8. The fourth-order valence-corrected chi connectivity index (χ4v) is 1.15. The molecule has 0 fully saturated rings. The number of rotatable bonds is 5. The van der Waals surface area contributed by atoms with Gasteiger partial charge in [-0.2, -0.15) is 0 Å². The average molecular weight is 302 g/mol. The summed E-state index contributed by atoms with van der Waals surface area (Å²) >= 11 is 4.97. The molecule has 2 N–H and O–H groups in total. The SMILES string of the molecule is CCOC(=O)C(C)CN.O=C(Cl)OCc1ccccc1. The molecule has 0 radical (unpaired) electrons. The lowest BCUT2D eigenvalue weighted by Gasteiger charge is -2.05. The second-order valence-electron chi connectivity index (χ2n) is 3.90. The highest BCUT2D eigenvalue weighted by Crippen LogP contribution is 2.01. The van der Waals surface area contributed by atoms with Crippen LogP contribution in [0, 0.1) is 5.92 Å². The summed E-state index contributed by atoms with van der Waals surface area (Å²) in [5.41, 5.74) is 5.36. The van der Waals surface area contributed by atoms with Crippen LogP contribution in [0.4, 0.5) is 4.79 Å². The molecule has 0 spiro atoms. The van der Waals surface area contributed by atoms with Gasteiger partial charge in [0.2, 0.25) is 0 Å². The van der Waals surface area contributed by atoms with E-state index in [1.165, 1.54) is 0 Å². The van der Waals surface area contributed by atoms with Crippen molar-refractivity contribution in [1.82, 2.24) is 0 Å². The maximum absolute atomic E-state index is 10.7. The van der Waals surface area contributed by atoms with E-state index in [1.807, 2.05) is 30.3 Å². The molecule has 6 heteroatoms. The van der Waals surface area contributed by atoms with Gasteiger partial charge in [-0.1, -0.05) is 37.3 Å². The van der Waals surface area contributed by atoms with Crippen LogP contribution in [0.2, 0.25) is 0 Å². The summed E-state index contributed by atoms with van der Waals surface area (Å²) in [6.07, 6.45) is 0. The van der Waals surface area contributed by atoms with Crippen LogP contribution in [0.3, 0.4) is 0 Å². The molecule has 0 bridgehead atoms. The maximum atomic E-state index is 10.7. The monoisotopic (exact) mass is 301 g/mol. The largest absolute Gasteiger partial charge is 0.466 e. The van der Waals surface area contributed by atoms with Gasteiger partial charge in [0.15, 0.2) is 0 Å². The van der Waals surface area contributed by atoms with Gasteiger partial charge >= 0.3 is 11.4 Å². The predicted octanol–water partition coefficient (Wildman–Crippen LogP) is 2.71. The van der Waals surface area contributed by atoms with Crippen LogP contribution in [-0.2, 0) is 20.9 Å². The highest BCUT2D eigenvalue weighted by molar-refractivity contribution is 6.61. The molecule has 0 aliphatic rings. The Morgan fingerprint density at radius 1 is 1.25 bits per heavy atom. The van der Waals surface area contributed by atoms with Crippen molar-refractivity contribution in [2.75, 3.05) is 13.2 Å². The first-order valence-electron chi connectivity index (χ1n) is 6.24. The van der Waals surface area contributed by atoms with E-state index in [9.17, 15) is 9.59 Å². The van der Waals surface area contributed by atoms with Gasteiger partial charge in [0.05, 0.1) is 12.5 Å². The van der Waals surface area contributed by atoms with Crippen LogP contribution < -0.4 is 5.73 Å². The molecule has 5 nitrogen and oxygen atoms in total. The smallest absolute Gasteiger partial charge is 0.404 e. The summed E-state index contributed by atoms with van der Waals surface area (Å²) in [7, 11) is 0. The minimum atomic E-state index is -0.770. The van der Waals surface area contributed by atoms with Gasteiger partial charge < -0.3 is 15.2 Å². The first-order chi connectivity index (χ1) is 9.51. The fourth-order valence-electron chi connectivity index (χ4n) is 1.10. The zero-order valence-electron chi connectivity index (χ0n) is 11.7. The summed E-state index contributed by atoms with van der Waals surface area (Å²) in [6, 6.07) is 9.36. The topological polar surface area (TPSA) is 78.6 Å². The Hall–Kier alpha value is -1.59. The standard InChI is InChI=1S/C8H7ClO2.C6H13NO2/c9-8(10)11-6-7-4-2-1-3-5-7;1-3-9-6(8)5(2)4-7/h1-5H,6H2;5H,3-4,7H2,1-2H3. The van der Waals surface area contributed by atoms with Crippen molar-refractivity contribution in [3.8, 4) is 0 Å². The number of halogens is 1. The second-order valence-corrected chi connectivity index (χ2v) is 4.21. The van der Waals surface area contributed by atoms with Crippen molar-refractivity contribution >= 4 is 23.0 Å². The molecule has 1 aromatic carbocycles. The van der Waals surface area contributed by atoms with Crippen molar-refractivity contribution in [3.05, 3.63) is 35.9 Å². The Kier molecular flexibility index (Phi) is 10.4. The van der Waals surface area contributed by atoms with Gasteiger partial charge in [0.25, 0.3) is 0 Å². The summed E-state index contributed by atoms with van der Waals surface area (Å²) in [5.74, 6) is -0.370. The van der Waals surface area contributed by atoms with Crippen LogP contribution in [0.15, 0.2) is 30.3 Å². The van der Waals surface area contributed by atoms with Crippen molar-refractivity contribution in [2.24, 2.45) is 11.7 Å². The zero-order valence-corrected chi connectivity index (χ0v) is 12.4. The normalized spacial score (nSPS) is 10.8. The van der Waals surface area contributed by atoms with Crippen LogP contribution in [0.5, 0.6) is 0 Å². The van der Waals surface area contributed by atoms with E-state index < -0.39 is 5.43 Å². The number of hydrogen-bond donors (Lipinski definition) is 1. The molecular formula is C14H20ClNO4. The maximum Gasteiger partial charge on any atom is 0.404 e. The molecule has 1 rings (SSSR count). The Morgan fingerprint density at radius 2 is 1.85 bits per heavy atom. The van der Waals surface area contributed by atoms with Crippen molar-refractivity contribution < 1.29 is 19.1 Å². The van der Waals surface area contributed by atoms with E-state index in [0.717, 1.165) is 5.56 Å². The molecule has 0 aliphatic carbocycles.